The zero-order chi connectivity index (χ0) is 23.0. The van der Waals surface area contributed by atoms with E-state index in [1.165, 1.54) is 0 Å². The van der Waals surface area contributed by atoms with Gasteiger partial charge in [-0.15, -0.1) is 0 Å². The van der Waals surface area contributed by atoms with E-state index in [2.05, 4.69) is 10.2 Å². The summed E-state index contributed by atoms with van der Waals surface area (Å²) in [5.74, 6) is -0.0697. The summed E-state index contributed by atoms with van der Waals surface area (Å²) in [6.45, 7) is 7.48. The number of nitrogens with zero attached hydrogens (tertiary/aromatic N) is 2. The van der Waals surface area contributed by atoms with Gasteiger partial charge < -0.3 is 25.4 Å². The lowest BCUT2D eigenvalue weighted by Crippen LogP contribution is -2.36. The molecule has 3 rings (SSSR count). The second-order valence-electron chi connectivity index (χ2n) is 8.70. The number of amides is 2. The number of aromatic nitrogens is 1. The Bertz CT molecular complexity index is 909. The molecule has 2 amide bonds. The number of rotatable bonds is 11. The molecule has 0 unspecified atom stereocenters. The quantitative estimate of drug-likeness (QED) is 0.487. The summed E-state index contributed by atoms with van der Waals surface area (Å²) in [4.78, 5) is 30.6. The van der Waals surface area contributed by atoms with Crippen LogP contribution in [0.5, 0.6) is 0 Å². The lowest BCUT2D eigenvalue weighted by Gasteiger charge is -2.25. The van der Waals surface area contributed by atoms with Gasteiger partial charge in [-0.1, -0.05) is 36.7 Å². The maximum atomic E-state index is 12.7. The van der Waals surface area contributed by atoms with Gasteiger partial charge in [-0.05, 0) is 45.2 Å². The number of primary amides is 1. The fourth-order valence-corrected chi connectivity index (χ4v) is 4.88. The van der Waals surface area contributed by atoms with Crippen molar-refractivity contribution in [3.8, 4) is 0 Å². The van der Waals surface area contributed by atoms with Crippen LogP contribution in [0.2, 0.25) is 0 Å². The third-order valence-electron chi connectivity index (χ3n) is 5.55. The summed E-state index contributed by atoms with van der Waals surface area (Å²) in [5.41, 5.74) is 5.98. The topological polar surface area (TPSA) is 107 Å². The van der Waals surface area contributed by atoms with E-state index >= 15 is 0 Å². The number of morpholine rings is 1. The molecule has 2 aromatic rings. The smallest absolute Gasteiger partial charge is 0.405 e. The molecule has 2 heterocycles. The van der Waals surface area contributed by atoms with Crippen molar-refractivity contribution in [3.05, 3.63) is 23.8 Å². The zero-order valence-corrected chi connectivity index (χ0v) is 19.8. The van der Waals surface area contributed by atoms with Gasteiger partial charge in [-0.2, -0.15) is 0 Å². The minimum atomic E-state index is -0.726. The van der Waals surface area contributed by atoms with Gasteiger partial charge in [-0.3, -0.25) is 4.79 Å². The highest BCUT2D eigenvalue weighted by Gasteiger charge is 2.21. The molecule has 9 heteroatoms. The highest BCUT2D eigenvalue weighted by Crippen LogP contribution is 2.31. The van der Waals surface area contributed by atoms with Crippen molar-refractivity contribution in [2.24, 2.45) is 5.73 Å². The Morgan fingerprint density at radius 1 is 1.19 bits per heavy atom. The van der Waals surface area contributed by atoms with Crippen molar-refractivity contribution in [1.29, 1.82) is 0 Å². The molecule has 0 radical (unpaired) electrons. The van der Waals surface area contributed by atoms with Crippen LogP contribution in [0.4, 0.5) is 9.93 Å². The maximum absolute atomic E-state index is 12.7. The number of carbonyl (C=O) groups excluding carboxylic acids is 2. The van der Waals surface area contributed by atoms with Gasteiger partial charge >= 0.3 is 6.09 Å². The number of benzene rings is 1. The van der Waals surface area contributed by atoms with Crippen molar-refractivity contribution in [1.82, 2.24) is 10.3 Å². The lowest BCUT2D eigenvalue weighted by atomic mass is 9.99. The van der Waals surface area contributed by atoms with Crippen LogP contribution in [0.25, 0.3) is 10.2 Å². The van der Waals surface area contributed by atoms with Gasteiger partial charge in [0.1, 0.15) is 5.60 Å². The number of nitrogens with one attached hydrogen (secondary N) is 1. The predicted octanol–water partition coefficient (Wildman–Crippen LogP) is 4.08. The van der Waals surface area contributed by atoms with Crippen LogP contribution < -0.4 is 16.0 Å². The standard InChI is InChI=1S/C23H34N4O4S/c1-23(2,31-21(24)29)11-6-4-3-5-7-12-25-20(28)17-9-8-10-18-19(17)26-22(32-18)27-13-15-30-16-14-27/h8-10H,3-7,11-16H2,1-2H3,(H2,24,29)(H,25,28). The first kappa shape index (κ1) is 24.3. The van der Waals surface area contributed by atoms with Crippen LogP contribution in [-0.4, -0.2) is 55.4 Å². The summed E-state index contributed by atoms with van der Waals surface area (Å²) in [5, 5.41) is 3.99. The second-order valence-corrected chi connectivity index (χ2v) is 9.71. The van der Waals surface area contributed by atoms with Crippen LogP contribution in [0, 0.1) is 0 Å². The summed E-state index contributed by atoms with van der Waals surface area (Å²) in [7, 11) is 0. The summed E-state index contributed by atoms with van der Waals surface area (Å²) in [6, 6.07) is 5.78. The maximum Gasteiger partial charge on any atom is 0.405 e. The average Bonchev–Trinajstić information content (AvgIpc) is 3.19. The molecule has 1 fully saturated rings. The van der Waals surface area contributed by atoms with E-state index in [0.29, 0.717) is 25.3 Å². The van der Waals surface area contributed by atoms with Gasteiger partial charge in [-0.25, -0.2) is 9.78 Å². The van der Waals surface area contributed by atoms with Crippen molar-refractivity contribution < 1.29 is 19.1 Å². The Kier molecular flexibility index (Phi) is 8.69. The number of hydrogen-bond acceptors (Lipinski definition) is 7. The van der Waals surface area contributed by atoms with E-state index in [0.717, 1.165) is 67.0 Å². The Morgan fingerprint density at radius 3 is 2.66 bits per heavy atom. The number of nitrogens with two attached hydrogens (primary N) is 1. The summed E-state index contributed by atoms with van der Waals surface area (Å²) >= 11 is 1.62. The molecule has 1 aromatic heterocycles. The van der Waals surface area contributed by atoms with Gasteiger partial charge in [0.25, 0.3) is 5.91 Å². The highest BCUT2D eigenvalue weighted by molar-refractivity contribution is 7.22. The average molecular weight is 463 g/mol. The Labute approximate surface area is 193 Å². The molecule has 0 saturated carbocycles. The first-order chi connectivity index (χ1) is 15.4. The minimum absolute atomic E-state index is 0.0697. The predicted molar refractivity (Wildman–Crippen MR) is 127 cm³/mol. The SMILES string of the molecule is CC(C)(CCCCCCCNC(=O)c1cccc2sc(N3CCOCC3)nc12)OC(N)=O. The Morgan fingerprint density at radius 2 is 1.91 bits per heavy atom. The van der Waals surface area contributed by atoms with Crippen LogP contribution in [0.3, 0.4) is 0 Å². The third kappa shape index (κ3) is 7.06. The molecule has 32 heavy (non-hydrogen) atoms. The third-order valence-corrected chi connectivity index (χ3v) is 6.63. The monoisotopic (exact) mass is 462 g/mol. The van der Waals surface area contributed by atoms with Crippen molar-refractivity contribution in [2.75, 3.05) is 37.7 Å². The fraction of sp³-hybridized carbons (Fsp3) is 0.609. The number of anilines is 1. The Hall–Kier alpha value is -2.39. The van der Waals surface area contributed by atoms with Gasteiger partial charge in [0.2, 0.25) is 0 Å². The molecular weight excluding hydrogens is 428 g/mol. The van der Waals surface area contributed by atoms with E-state index in [1.54, 1.807) is 11.3 Å². The lowest BCUT2D eigenvalue weighted by molar-refractivity contribution is 0.0372. The molecule has 0 aliphatic carbocycles. The van der Waals surface area contributed by atoms with Gasteiger partial charge in [0.05, 0.1) is 29.0 Å². The highest BCUT2D eigenvalue weighted by atomic mass is 32.1. The number of carbonyl (C=O) groups is 2. The molecule has 3 N–H and O–H groups in total. The molecule has 1 aliphatic heterocycles. The summed E-state index contributed by atoms with van der Waals surface area (Å²) in [6.07, 6.45) is 5.14. The molecule has 8 nitrogen and oxygen atoms in total. The summed E-state index contributed by atoms with van der Waals surface area (Å²) < 4.78 is 11.5. The van der Waals surface area contributed by atoms with Crippen LogP contribution in [-0.2, 0) is 9.47 Å². The molecule has 0 bridgehead atoms. The Balaban J connectivity index is 1.39. The number of hydrogen-bond donors (Lipinski definition) is 2. The fourth-order valence-electron chi connectivity index (χ4n) is 3.84. The number of thiazole rings is 1. The zero-order valence-electron chi connectivity index (χ0n) is 19.0. The first-order valence-corrected chi connectivity index (χ1v) is 12.2. The van der Waals surface area contributed by atoms with E-state index in [4.69, 9.17) is 20.2 Å². The molecule has 1 aromatic carbocycles. The number of fused-ring (bicyclic) bond motifs is 1. The van der Waals surface area contributed by atoms with Gasteiger partial charge in [0, 0.05) is 19.6 Å². The minimum Gasteiger partial charge on any atom is -0.444 e. The molecule has 176 valence electrons. The second kappa shape index (κ2) is 11.5. The first-order valence-electron chi connectivity index (χ1n) is 11.3. The van der Waals surface area contributed by atoms with Gasteiger partial charge in [0.15, 0.2) is 5.13 Å². The van der Waals surface area contributed by atoms with Crippen LogP contribution >= 0.6 is 11.3 Å². The van der Waals surface area contributed by atoms with E-state index in [9.17, 15) is 9.59 Å². The van der Waals surface area contributed by atoms with Crippen molar-refractivity contribution >= 4 is 38.7 Å². The van der Waals surface area contributed by atoms with Crippen LogP contribution in [0.1, 0.15) is 62.7 Å². The van der Waals surface area contributed by atoms with E-state index in [-0.39, 0.29) is 5.91 Å². The molecule has 0 atom stereocenters. The number of unbranched alkanes of at least 4 members (excludes halogenated alkanes) is 4. The van der Waals surface area contributed by atoms with E-state index < -0.39 is 11.7 Å². The van der Waals surface area contributed by atoms with Crippen molar-refractivity contribution in [2.45, 2.75) is 58.0 Å². The van der Waals surface area contributed by atoms with E-state index in [1.807, 2.05) is 32.0 Å². The van der Waals surface area contributed by atoms with Crippen LogP contribution in [0.15, 0.2) is 18.2 Å². The molecule has 1 saturated heterocycles. The molecule has 1 aliphatic rings. The normalized spacial score (nSPS) is 14.5. The largest absolute Gasteiger partial charge is 0.444 e. The van der Waals surface area contributed by atoms with Crippen molar-refractivity contribution in [3.63, 3.8) is 0 Å². The molecular formula is C23H34N4O4S. The molecule has 0 spiro atoms. The number of ether oxygens (including phenoxy) is 2. The number of para-hydroxylation sites is 1.